The Morgan fingerprint density at radius 1 is 1.16 bits per heavy atom. The molecule has 1 amide bonds. The van der Waals surface area contributed by atoms with Crippen LogP contribution in [-0.2, 0) is 21.4 Å². The number of alkyl halides is 3. The van der Waals surface area contributed by atoms with E-state index in [1.807, 2.05) is 11.9 Å². The number of benzene rings is 2. The Balaban J connectivity index is 1.91. The molecule has 2 aromatic rings. The van der Waals surface area contributed by atoms with Gasteiger partial charge in [-0.2, -0.15) is 13.2 Å². The first-order valence-corrected chi connectivity index (χ1v) is 11.2. The molecule has 0 radical (unpaired) electrons. The first-order chi connectivity index (χ1) is 14.7. The number of nitrogens with one attached hydrogen (secondary N) is 1. The zero-order valence-electron chi connectivity index (χ0n) is 18.0. The highest BCUT2D eigenvalue weighted by Crippen LogP contribution is 2.27. The molecule has 7 nitrogen and oxygen atoms in total. The van der Waals surface area contributed by atoms with Crippen molar-refractivity contribution in [3.05, 3.63) is 53.1 Å². The number of rotatable bonds is 9. The Labute approximate surface area is 185 Å². The van der Waals surface area contributed by atoms with Gasteiger partial charge in [-0.3, -0.25) is 4.79 Å². The Kier molecular flexibility index (Phi) is 8.27. The van der Waals surface area contributed by atoms with Gasteiger partial charge < -0.3 is 15.0 Å². The highest BCUT2D eigenvalue weighted by Gasteiger charge is 2.29. The molecule has 0 saturated heterocycles. The van der Waals surface area contributed by atoms with Crippen molar-refractivity contribution in [2.75, 3.05) is 25.5 Å². The fourth-order valence-corrected chi connectivity index (χ4v) is 3.73. The molecule has 176 valence electrons. The number of carbonyl (C=O) groups excluding carboxylic acids is 1. The first-order valence-electron chi connectivity index (χ1n) is 9.65. The number of hydrogen-bond acceptors (Lipinski definition) is 5. The Morgan fingerprint density at radius 3 is 2.34 bits per heavy atom. The molecule has 2 aromatic carbocycles. The molecule has 0 unspecified atom stereocenters. The molecular weight excluding hydrogens is 447 g/mol. The number of sulfonamides is 1. The molecule has 0 fully saturated rings. The summed E-state index contributed by atoms with van der Waals surface area (Å²) in [6, 6.07) is 9.17. The van der Waals surface area contributed by atoms with Crippen molar-refractivity contribution >= 4 is 21.6 Å². The van der Waals surface area contributed by atoms with Gasteiger partial charge in [0.05, 0.1) is 4.90 Å². The maximum atomic E-state index is 12.4. The Bertz CT molecular complexity index is 1050. The lowest BCUT2D eigenvalue weighted by Gasteiger charge is -2.19. The first kappa shape index (κ1) is 25.6. The molecule has 0 aliphatic heterocycles. The molecule has 32 heavy (non-hydrogen) atoms. The highest BCUT2D eigenvalue weighted by molar-refractivity contribution is 7.89. The topological polar surface area (TPSA) is 102 Å². The van der Waals surface area contributed by atoms with E-state index in [0.29, 0.717) is 29.9 Å². The third kappa shape index (κ3) is 8.13. The van der Waals surface area contributed by atoms with Crippen LogP contribution in [-0.4, -0.2) is 45.6 Å². The lowest BCUT2D eigenvalue weighted by atomic mass is 10.1. The van der Waals surface area contributed by atoms with Gasteiger partial charge in [0.2, 0.25) is 15.9 Å². The molecule has 0 spiro atoms. The summed E-state index contributed by atoms with van der Waals surface area (Å²) in [5.74, 6) is -0.0819. The lowest BCUT2D eigenvalue weighted by molar-refractivity contribution is -0.153. The second-order valence-electron chi connectivity index (χ2n) is 7.57. The van der Waals surface area contributed by atoms with Gasteiger partial charge in [0, 0.05) is 25.2 Å². The van der Waals surface area contributed by atoms with Crippen molar-refractivity contribution in [3.63, 3.8) is 0 Å². The van der Waals surface area contributed by atoms with E-state index in [-0.39, 0.29) is 23.0 Å². The average Bonchev–Trinajstić information content (AvgIpc) is 2.64. The number of amides is 1. The predicted octanol–water partition coefficient (Wildman–Crippen LogP) is 3.35. The zero-order valence-corrected chi connectivity index (χ0v) is 18.8. The standard InChI is InChI=1S/C21H26F3N3O4S/c1-14-9-16(10-15(2)20(14)31-13-21(22,23)24)12-27(3)8-7-19(28)26-17-5-4-6-18(11-17)32(25,29)30/h4-6,9-11H,7-8,12-13H2,1-3H3,(H,26,28)(H2,25,29,30). The van der Waals surface area contributed by atoms with Gasteiger partial charge in [-0.05, 0) is 55.8 Å². The largest absolute Gasteiger partial charge is 0.484 e. The average molecular weight is 474 g/mol. The van der Waals surface area contributed by atoms with Crippen LogP contribution in [0.25, 0.3) is 0 Å². The molecule has 0 heterocycles. The van der Waals surface area contributed by atoms with Crippen LogP contribution in [0, 0.1) is 13.8 Å². The molecule has 11 heteroatoms. The fraction of sp³-hybridized carbons (Fsp3) is 0.381. The molecule has 2 rings (SSSR count). The second kappa shape index (κ2) is 10.3. The molecular formula is C21H26F3N3O4S. The van der Waals surface area contributed by atoms with Gasteiger partial charge in [-0.1, -0.05) is 18.2 Å². The molecule has 0 atom stereocenters. The van der Waals surface area contributed by atoms with Gasteiger partial charge >= 0.3 is 6.18 Å². The van der Waals surface area contributed by atoms with Crippen molar-refractivity contribution < 1.29 is 31.1 Å². The minimum atomic E-state index is -4.40. The summed E-state index contributed by atoms with van der Waals surface area (Å²) < 4.78 is 65.0. The van der Waals surface area contributed by atoms with Gasteiger partial charge in [0.15, 0.2) is 6.61 Å². The van der Waals surface area contributed by atoms with E-state index in [1.165, 1.54) is 18.2 Å². The van der Waals surface area contributed by atoms with E-state index < -0.39 is 22.8 Å². The second-order valence-corrected chi connectivity index (χ2v) is 9.13. The maximum absolute atomic E-state index is 12.4. The maximum Gasteiger partial charge on any atom is 0.422 e. The number of nitrogens with zero attached hydrogens (tertiary/aromatic N) is 1. The van der Waals surface area contributed by atoms with Gasteiger partial charge in [0.25, 0.3) is 0 Å². The number of primary sulfonamides is 1. The molecule has 0 saturated carbocycles. The van der Waals surface area contributed by atoms with Crippen LogP contribution < -0.4 is 15.2 Å². The SMILES string of the molecule is Cc1cc(CN(C)CCC(=O)Nc2cccc(S(N)(=O)=O)c2)cc(C)c1OCC(F)(F)F. The van der Waals surface area contributed by atoms with Gasteiger partial charge in [-0.25, -0.2) is 13.6 Å². The smallest absolute Gasteiger partial charge is 0.422 e. The van der Waals surface area contributed by atoms with Crippen LogP contribution in [0.1, 0.15) is 23.1 Å². The van der Waals surface area contributed by atoms with Crippen molar-refractivity contribution in [2.24, 2.45) is 5.14 Å². The van der Waals surface area contributed by atoms with E-state index in [0.717, 1.165) is 5.56 Å². The minimum absolute atomic E-state index is 0.0965. The highest BCUT2D eigenvalue weighted by atomic mass is 32.2. The number of carbonyl (C=O) groups is 1. The summed E-state index contributed by atoms with van der Waals surface area (Å²) in [7, 11) is -2.05. The van der Waals surface area contributed by atoms with Crippen molar-refractivity contribution in [1.29, 1.82) is 0 Å². The van der Waals surface area contributed by atoms with Crippen LogP contribution in [0.2, 0.25) is 0 Å². The summed E-state index contributed by atoms with van der Waals surface area (Å²) in [4.78, 5) is 14.0. The fourth-order valence-electron chi connectivity index (χ4n) is 3.17. The summed E-state index contributed by atoms with van der Waals surface area (Å²) in [6.07, 6.45) is -4.25. The molecule has 0 bridgehead atoms. The van der Waals surface area contributed by atoms with Gasteiger partial charge in [-0.15, -0.1) is 0 Å². The van der Waals surface area contributed by atoms with E-state index in [1.54, 1.807) is 32.0 Å². The van der Waals surface area contributed by atoms with Crippen LogP contribution >= 0.6 is 0 Å². The van der Waals surface area contributed by atoms with E-state index in [2.05, 4.69) is 5.32 Å². The third-order valence-electron chi connectivity index (χ3n) is 4.52. The molecule has 3 N–H and O–H groups in total. The molecule has 0 aliphatic rings. The normalized spacial score (nSPS) is 12.1. The lowest BCUT2D eigenvalue weighted by Crippen LogP contribution is -2.24. The molecule has 0 aromatic heterocycles. The number of aryl methyl sites for hydroxylation is 2. The number of nitrogens with two attached hydrogens (primary N) is 1. The summed E-state index contributed by atoms with van der Waals surface area (Å²) in [6.45, 7) is 2.92. The third-order valence-corrected chi connectivity index (χ3v) is 5.43. The van der Waals surface area contributed by atoms with Crippen LogP contribution in [0.5, 0.6) is 5.75 Å². The van der Waals surface area contributed by atoms with E-state index in [9.17, 15) is 26.4 Å². The minimum Gasteiger partial charge on any atom is -0.484 e. The Morgan fingerprint density at radius 2 is 1.78 bits per heavy atom. The van der Waals surface area contributed by atoms with Crippen molar-refractivity contribution in [3.8, 4) is 5.75 Å². The number of hydrogen-bond donors (Lipinski definition) is 2. The van der Waals surface area contributed by atoms with Crippen LogP contribution in [0.15, 0.2) is 41.3 Å². The van der Waals surface area contributed by atoms with Crippen LogP contribution in [0.3, 0.4) is 0 Å². The molecule has 0 aliphatic carbocycles. The monoisotopic (exact) mass is 473 g/mol. The Hall–Kier alpha value is -2.63. The van der Waals surface area contributed by atoms with E-state index >= 15 is 0 Å². The number of ether oxygens (including phenoxy) is 1. The quantitative estimate of drug-likeness (QED) is 0.582. The van der Waals surface area contributed by atoms with E-state index in [4.69, 9.17) is 9.88 Å². The predicted molar refractivity (Wildman–Crippen MR) is 115 cm³/mol. The summed E-state index contributed by atoms with van der Waals surface area (Å²) in [5.41, 5.74) is 2.41. The van der Waals surface area contributed by atoms with Crippen molar-refractivity contribution in [2.45, 2.75) is 37.9 Å². The number of anilines is 1. The number of halogens is 3. The van der Waals surface area contributed by atoms with Crippen LogP contribution in [0.4, 0.5) is 18.9 Å². The van der Waals surface area contributed by atoms with Crippen molar-refractivity contribution in [1.82, 2.24) is 4.90 Å². The summed E-state index contributed by atoms with van der Waals surface area (Å²) >= 11 is 0. The zero-order chi connectivity index (χ0) is 24.1. The van der Waals surface area contributed by atoms with Gasteiger partial charge in [0.1, 0.15) is 5.75 Å². The summed E-state index contributed by atoms with van der Waals surface area (Å²) in [5, 5.41) is 7.72.